The van der Waals surface area contributed by atoms with E-state index in [1.54, 1.807) is 30.7 Å². The van der Waals surface area contributed by atoms with E-state index in [2.05, 4.69) is 47.7 Å². The first kappa shape index (κ1) is 29.4. The number of anilines is 1. The smallest absolute Gasteiger partial charge is 0.251 e. The summed E-state index contributed by atoms with van der Waals surface area (Å²) in [6.45, 7) is 8.56. The molecule has 0 fully saturated rings. The van der Waals surface area contributed by atoms with Crippen molar-refractivity contribution >= 4 is 63.1 Å². The van der Waals surface area contributed by atoms with E-state index < -0.39 is 6.04 Å². The number of hydrogen-bond donors (Lipinski definition) is 2. The zero-order chi connectivity index (χ0) is 28.5. The van der Waals surface area contributed by atoms with Gasteiger partial charge in [0.25, 0.3) is 5.91 Å². The van der Waals surface area contributed by atoms with E-state index in [-0.39, 0.29) is 23.0 Å². The number of hydrogen-bond acceptors (Lipinski definition) is 7. The van der Waals surface area contributed by atoms with E-state index >= 15 is 0 Å². The van der Waals surface area contributed by atoms with E-state index in [1.807, 2.05) is 0 Å². The maximum Gasteiger partial charge on any atom is 0.251 e. The van der Waals surface area contributed by atoms with Crippen LogP contribution < -0.4 is 10.6 Å². The van der Waals surface area contributed by atoms with Crippen LogP contribution in [0.2, 0.25) is 10.0 Å². The van der Waals surface area contributed by atoms with Crippen molar-refractivity contribution in [3.63, 3.8) is 0 Å². The van der Waals surface area contributed by atoms with Crippen molar-refractivity contribution in [2.45, 2.75) is 58.2 Å². The summed E-state index contributed by atoms with van der Waals surface area (Å²) < 4.78 is 1.74. The first-order chi connectivity index (χ1) is 18.4. The lowest BCUT2D eigenvalue weighted by atomic mass is 9.72. The number of benzene rings is 1. The van der Waals surface area contributed by atoms with Crippen LogP contribution in [0.3, 0.4) is 0 Å². The molecule has 0 saturated heterocycles. The van der Waals surface area contributed by atoms with Gasteiger partial charge in [0.15, 0.2) is 11.0 Å². The van der Waals surface area contributed by atoms with Gasteiger partial charge in [-0.2, -0.15) is 5.26 Å². The maximum atomic E-state index is 12.8. The molecule has 1 aliphatic carbocycles. The second-order valence-corrected chi connectivity index (χ2v) is 13.5. The van der Waals surface area contributed by atoms with E-state index in [1.165, 1.54) is 34.0 Å². The molecule has 1 aromatic carbocycles. The number of aromatic nitrogens is 3. The Morgan fingerprint density at radius 3 is 2.69 bits per heavy atom. The molecule has 4 rings (SSSR count). The molecule has 0 saturated carbocycles. The first-order valence-corrected chi connectivity index (χ1v) is 15.1. The average Bonchev–Trinajstić information content (AvgIpc) is 3.42. The number of nitriles is 1. The minimum atomic E-state index is -0.444. The summed E-state index contributed by atoms with van der Waals surface area (Å²) in [6.07, 6.45) is 2.85. The minimum Gasteiger partial charge on any atom is -0.342 e. The SMILES string of the molecule is C[C@H](NC(=O)c1ccc(Cl)c(Cl)c1)c1nnc(SCC(=O)Nc2sc3c(c2C#N)CC[C@@H](C(C)(C)C)C3)n1C. The monoisotopic (exact) mass is 604 g/mol. The first-order valence-electron chi connectivity index (χ1n) is 12.5. The van der Waals surface area contributed by atoms with E-state index in [9.17, 15) is 14.9 Å². The van der Waals surface area contributed by atoms with Gasteiger partial charge in [-0.1, -0.05) is 55.7 Å². The van der Waals surface area contributed by atoms with Crippen LogP contribution in [0.1, 0.15) is 72.3 Å². The fourth-order valence-electron chi connectivity index (χ4n) is 4.64. The fraction of sp³-hybridized carbons (Fsp3) is 0.444. The van der Waals surface area contributed by atoms with Crippen LogP contribution in [-0.2, 0) is 24.7 Å². The Hall–Kier alpha value is -2.58. The summed E-state index contributed by atoms with van der Waals surface area (Å²) in [6, 6.07) is 6.53. The molecule has 2 N–H and O–H groups in total. The molecular weight excluding hydrogens is 575 g/mol. The van der Waals surface area contributed by atoms with E-state index in [0.717, 1.165) is 24.8 Å². The Morgan fingerprint density at radius 2 is 2.03 bits per heavy atom. The molecule has 0 radical (unpaired) electrons. The molecule has 2 amide bonds. The van der Waals surface area contributed by atoms with Gasteiger partial charge in [-0.05, 0) is 61.3 Å². The van der Waals surface area contributed by atoms with Crippen LogP contribution in [0.5, 0.6) is 0 Å². The van der Waals surface area contributed by atoms with E-state index in [4.69, 9.17) is 23.2 Å². The van der Waals surface area contributed by atoms with Crippen molar-refractivity contribution in [1.82, 2.24) is 20.1 Å². The molecule has 39 heavy (non-hydrogen) atoms. The summed E-state index contributed by atoms with van der Waals surface area (Å²) in [7, 11) is 1.78. The van der Waals surface area contributed by atoms with Crippen LogP contribution in [0.15, 0.2) is 23.4 Å². The lowest BCUT2D eigenvalue weighted by Crippen LogP contribution is -2.28. The number of nitrogens with zero attached hydrogens (tertiary/aromatic N) is 4. The molecular formula is C27H30Cl2N6O2S2. The molecule has 2 aromatic heterocycles. The molecule has 0 bridgehead atoms. The number of rotatable bonds is 7. The number of amides is 2. The van der Waals surface area contributed by atoms with Gasteiger partial charge in [0.2, 0.25) is 5.91 Å². The number of nitrogens with one attached hydrogen (secondary N) is 2. The average molecular weight is 606 g/mol. The molecule has 0 aliphatic heterocycles. The summed E-state index contributed by atoms with van der Waals surface area (Å²) in [5.41, 5.74) is 2.26. The predicted molar refractivity (Wildman–Crippen MR) is 157 cm³/mol. The molecule has 3 aromatic rings. The van der Waals surface area contributed by atoms with Crippen LogP contribution in [0, 0.1) is 22.7 Å². The zero-order valence-corrected chi connectivity index (χ0v) is 25.5. The highest BCUT2D eigenvalue weighted by Crippen LogP contribution is 2.44. The van der Waals surface area contributed by atoms with Crippen LogP contribution in [0.4, 0.5) is 5.00 Å². The zero-order valence-electron chi connectivity index (χ0n) is 22.4. The highest BCUT2D eigenvalue weighted by molar-refractivity contribution is 7.99. The molecule has 0 spiro atoms. The Labute approximate surface area is 246 Å². The van der Waals surface area contributed by atoms with Crippen molar-refractivity contribution < 1.29 is 9.59 Å². The quantitative estimate of drug-likeness (QED) is 0.300. The van der Waals surface area contributed by atoms with Gasteiger partial charge in [0.1, 0.15) is 11.1 Å². The third-order valence-electron chi connectivity index (χ3n) is 6.97. The molecule has 2 atom stereocenters. The number of thiophene rings is 1. The van der Waals surface area contributed by atoms with Gasteiger partial charge in [-0.15, -0.1) is 21.5 Å². The van der Waals surface area contributed by atoms with Crippen LogP contribution in [-0.4, -0.2) is 32.3 Å². The molecule has 1 aliphatic rings. The number of carbonyl (C=O) groups is 2. The summed E-state index contributed by atoms with van der Waals surface area (Å²) in [5, 5.41) is 25.9. The lowest BCUT2D eigenvalue weighted by molar-refractivity contribution is -0.113. The van der Waals surface area contributed by atoms with Gasteiger partial charge >= 0.3 is 0 Å². The van der Waals surface area contributed by atoms with Crippen molar-refractivity contribution in [2.75, 3.05) is 11.1 Å². The Balaban J connectivity index is 1.37. The van der Waals surface area contributed by atoms with Gasteiger partial charge in [-0.25, -0.2) is 0 Å². The van der Waals surface area contributed by atoms with Crippen molar-refractivity contribution in [1.29, 1.82) is 5.26 Å². The molecule has 206 valence electrons. The molecule has 0 unspecified atom stereocenters. The number of halogens is 2. The topological polar surface area (TPSA) is 113 Å². The maximum absolute atomic E-state index is 12.8. The van der Waals surface area contributed by atoms with Crippen LogP contribution >= 0.6 is 46.3 Å². The summed E-state index contributed by atoms with van der Waals surface area (Å²) in [4.78, 5) is 26.7. The third-order valence-corrected chi connectivity index (χ3v) is 9.90. The second-order valence-electron chi connectivity index (χ2n) is 10.7. The second kappa shape index (κ2) is 11.9. The summed E-state index contributed by atoms with van der Waals surface area (Å²) in [5.74, 6) is 0.660. The largest absolute Gasteiger partial charge is 0.342 e. The number of carbonyl (C=O) groups excluding carboxylic acids is 2. The molecule has 12 heteroatoms. The molecule has 2 heterocycles. The Bertz CT molecular complexity index is 1450. The standard InChI is InChI=1S/C27H30Cl2N6O2S2/c1-14(31-24(37)15-6-9-19(28)20(29)10-15)23-33-34-26(35(23)5)38-13-22(36)32-25-18(12-30)17-8-7-16(27(2,3)4)11-21(17)39-25/h6,9-10,14,16H,7-8,11,13H2,1-5H3,(H,31,37)(H,32,36)/t14-,16+/m0/s1. The lowest BCUT2D eigenvalue weighted by Gasteiger charge is -2.33. The van der Waals surface area contributed by atoms with Gasteiger partial charge in [-0.3, -0.25) is 9.59 Å². The van der Waals surface area contributed by atoms with Gasteiger partial charge < -0.3 is 15.2 Å². The van der Waals surface area contributed by atoms with Gasteiger partial charge in [0.05, 0.1) is 27.4 Å². The summed E-state index contributed by atoms with van der Waals surface area (Å²) >= 11 is 14.7. The van der Waals surface area contributed by atoms with Crippen molar-refractivity contribution in [2.24, 2.45) is 18.4 Å². The Morgan fingerprint density at radius 1 is 1.28 bits per heavy atom. The van der Waals surface area contributed by atoms with Crippen molar-refractivity contribution in [3.05, 3.63) is 55.6 Å². The van der Waals surface area contributed by atoms with Gasteiger partial charge in [0, 0.05) is 17.5 Å². The number of thioether (sulfide) groups is 1. The van der Waals surface area contributed by atoms with E-state index in [0.29, 0.717) is 43.1 Å². The molecule has 8 nitrogen and oxygen atoms in total. The van der Waals surface area contributed by atoms with Crippen molar-refractivity contribution in [3.8, 4) is 6.07 Å². The fourth-order valence-corrected chi connectivity index (χ4v) is 6.95. The van der Waals surface area contributed by atoms with Crippen LogP contribution in [0.25, 0.3) is 0 Å². The predicted octanol–water partition coefficient (Wildman–Crippen LogP) is 6.43. The number of fused-ring (bicyclic) bond motifs is 1. The third kappa shape index (κ3) is 6.60. The highest BCUT2D eigenvalue weighted by Gasteiger charge is 2.32. The normalized spacial score (nSPS) is 15.8. The Kier molecular flexibility index (Phi) is 8.96. The highest BCUT2D eigenvalue weighted by atomic mass is 35.5. The minimum absolute atomic E-state index is 0.105.